The molecule has 0 spiro atoms. The number of ether oxygens (including phenoxy) is 1. The topological polar surface area (TPSA) is 78.3 Å². The van der Waals surface area contributed by atoms with Gasteiger partial charge in [0, 0.05) is 24.0 Å². The van der Waals surface area contributed by atoms with Crippen LogP contribution in [0.2, 0.25) is 0 Å². The third-order valence-corrected chi connectivity index (χ3v) is 3.17. The Morgan fingerprint density at radius 3 is 3.00 bits per heavy atom. The molecule has 1 aliphatic heterocycles. The molecule has 0 radical (unpaired) electrons. The summed E-state index contributed by atoms with van der Waals surface area (Å²) < 4.78 is 5.27. The van der Waals surface area contributed by atoms with Gasteiger partial charge >= 0.3 is 6.09 Å². The van der Waals surface area contributed by atoms with E-state index < -0.39 is 0 Å². The van der Waals surface area contributed by atoms with E-state index in [0.717, 1.165) is 18.4 Å². The van der Waals surface area contributed by atoms with Crippen molar-refractivity contribution in [1.82, 2.24) is 4.90 Å². The molecule has 1 saturated heterocycles. The largest absolute Gasteiger partial charge is 0.445 e. The average molecular weight is 260 g/mol. The molecular formula is C13H16N4O2. The van der Waals surface area contributed by atoms with Crippen molar-refractivity contribution < 1.29 is 9.53 Å². The molecule has 1 atom stereocenters. The maximum absolute atomic E-state index is 12.0. The highest BCUT2D eigenvalue weighted by Gasteiger charge is 2.29. The van der Waals surface area contributed by atoms with Crippen molar-refractivity contribution in [3.8, 4) is 0 Å². The molecule has 0 saturated carbocycles. The van der Waals surface area contributed by atoms with Crippen LogP contribution >= 0.6 is 0 Å². The minimum absolute atomic E-state index is 0.0285. The molecule has 6 nitrogen and oxygen atoms in total. The highest BCUT2D eigenvalue weighted by atomic mass is 16.6. The number of rotatable bonds is 4. The fourth-order valence-electron chi connectivity index (χ4n) is 2.20. The van der Waals surface area contributed by atoms with E-state index in [4.69, 9.17) is 10.3 Å². The highest BCUT2D eigenvalue weighted by molar-refractivity contribution is 5.68. The number of azide groups is 1. The lowest BCUT2D eigenvalue weighted by molar-refractivity contribution is 0.0931. The third kappa shape index (κ3) is 3.63. The van der Waals surface area contributed by atoms with Crippen LogP contribution < -0.4 is 0 Å². The molecule has 1 unspecified atom stereocenters. The molecule has 1 aliphatic rings. The number of carbonyl (C=O) groups is 1. The number of amides is 1. The zero-order chi connectivity index (χ0) is 13.5. The molecule has 1 aromatic rings. The molecule has 2 rings (SSSR count). The predicted octanol–water partition coefficient (Wildman–Crippen LogP) is 3.10. The van der Waals surface area contributed by atoms with E-state index in [0.29, 0.717) is 13.1 Å². The zero-order valence-electron chi connectivity index (χ0n) is 10.6. The highest BCUT2D eigenvalue weighted by Crippen LogP contribution is 2.19. The predicted molar refractivity (Wildman–Crippen MR) is 70.4 cm³/mol. The summed E-state index contributed by atoms with van der Waals surface area (Å²) in [6.45, 7) is 1.25. The Balaban J connectivity index is 1.86. The van der Waals surface area contributed by atoms with Crippen LogP contribution in [-0.4, -0.2) is 30.1 Å². The number of likely N-dealkylation sites (tertiary alicyclic amines) is 1. The first-order valence-corrected chi connectivity index (χ1v) is 6.29. The third-order valence-electron chi connectivity index (χ3n) is 3.17. The Labute approximate surface area is 111 Å². The number of hydrogen-bond donors (Lipinski definition) is 0. The van der Waals surface area contributed by atoms with Gasteiger partial charge in [0.1, 0.15) is 6.61 Å². The molecule has 0 bridgehead atoms. The minimum atomic E-state index is -0.334. The van der Waals surface area contributed by atoms with Gasteiger partial charge in [0.2, 0.25) is 0 Å². The van der Waals surface area contributed by atoms with Gasteiger partial charge in [0.05, 0.1) is 0 Å². The summed E-state index contributed by atoms with van der Waals surface area (Å²) in [5, 5.41) is 3.54. The van der Waals surface area contributed by atoms with Gasteiger partial charge < -0.3 is 9.64 Å². The summed E-state index contributed by atoms with van der Waals surface area (Å²) in [4.78, 5) is 16.3. The summed E-state index contributed by atoms with van der Waals surface area (Å²) in [6, 6.07) is 9.53. The molecule has 6 heteroatoms. The van der Waals surface area contributed by atoms with Gasteiger partial charge in [-0.05, 0) is 23.9 Å². The zero-order valence-corrected chi connectivity index (χ0v) is 10.6. The van der Waals surface area contributed by atoms with Crippen LogP contribution in [0, 0.1) is 0 Å². The van der Waals surface area contributed by atoms with Crippen molar-refractivity contribution in [3.63, 3.8) is 0 Å². The molecule has 0 aliphatic carbocycles. The first-order valence-electron chi connectivity index (χ1n) is 6.29. The lowest BCUT2D eigenvalue weighted by Crippen LogP contribution is -2.37. The molecule has 1 heterocycles. The van der Waals surface area contributed by atoms with E-state index >= 15 is 0 Å². The van der Waals surface area contributed by atoms with Gasteiger partial charge in [0.25, 0.3) is 0 Å². The summed E-state index contributed by atoms with van der Waals surface area (Å²) in [5.41, 5.74) is 9.29. The van der Waals surface area contributed by atoms with E-state index in [1.165, 1.54) is 0 Å². The Morgan fingerprint density at radius 1 is 1.47 bits per heavy atom. The van der Waals surface area contributed by atoms with Crippen LogP contribution in [0.15, 0.2) is 35.4 Å². The van der Waals surface area contributed by atoms with Crippen molar-refractivity contribution in [2.24, 2.45) is 5.11 Å². The summed E-state index contributed by atoms with van der Waals surface area (Å²) in [5.74, 6) is 0. The second-order valence-electron chi connectivity index (χ2n) is 4.44. The van der Waals surface area contributed by atoms with Crippen LogP contribution in [0.4, 0.5) is 4.79 Å². The summed E-state index contributed by atoms with van der Waals surface area (Å²) in [7, 11) is 0. The van der Waals surface area contributed by atoms with Crippen LogP contribution in [0.25, 0.3) is 10.4 Å². The second kappa shape index (κ2) is 6.66. The molecule has 1 amide bonds. The van der Waals surface area contributed by atoms with E-state index in [-0.39, 0.29) is 18.7 Å². The first kappa shape index (κ1) is 13.2. The Bertz CT molecular complexity index is 471. The lowest BCUT2D eigenvalue weighted by Gasteiger charge is -2.22. The second-order valence-corrected chi connectivity index (χ2v) is 4.44. The number of nitrogens with zero attached hydrogens (tertiary/aromatic N) is 4. The Kier molecular flexibility index (Phi) is 4.64. The SMILES string of the molecule is [N-]=[N+]=NCC1CCCN1C(=O)OCc1ccccc1. The van der Waals surface area contributed by atoms with Crippen LogP contribution in [0.1, 0.15) is 18.4 Å². The minimum Gasteiger partial charge on any atom is -0.445 e. The number of hydrogen-bond acceptors (Lipinski definition) is 3. The van der Waals surface area contributed by atoms with Gasteiger partial charge in [0.15, 0.2) is 0 Å². The van der Waals surface area contributed by atoms with Crippen molar-refractivity contribution in [1.29, 1.82) is 0 Å². The maximum Gasteiger partial charge on any atom is 0.410 e. The average Bonchev–Trinajstić information content (AvgIpc) is 2.92. The van der Waals surface area contributed by atoms with Crippen molar-refractivity contribution in [2.45, 2.75) is 25.5 Å². The molecule has 1 aromatic carbocycles. The van der Waals surface area contributed by atoms with E-state index in [9.17, 15) is 4.79 Å². The fraction of sp³-hybridized carbons (Fsp3) is 0.462. The molecule has 0 N–H and O–H groups in total. The van der Waals surface area contributed by atoms with Crippen molar-refractivity contribution in [3.05, 3.63) is 46.3 Å². The fourth-order valence-corrected chi connectivity index (χ4v) is 2.20. The van der Waals surface area contributed by atoms with Gasteiger partial charge in [-0.2, -0.15) is 0 Å². The van der Waals surface area contributed by atoms with Crippen molar-refractivity contribution in [2.75, 3.05) is 13.1 Å². The summed E-state index contributed by atoms with van der Waals surface area (Å²) >= 11 is 0. The Morgan fingerprint density at radius 2 is 2.26 bits per heavy atom. The normalized spacial score (nSPS) is 17.9. The number of carbonyl (C=O) groups excluding carboxylic acids is 1. The standard InChI is InChI=1S/C13H16N4O2/c14-16-15-9-12-7-4-8-17(12)13(18)19-10-11-5-2-1-3-6-11/h1-3,5-6,12H,4,7-10H2. The molecular weight excluding hydrogens is 244 g/mol. The smallest absolute Gasteiger partial charge is 0.410 e. The van der Waals surface area contributed by atoms with Gasteiger partial charge in [-0.1, -0.05) is 35.4 Å². The Hall–Kier alpha value is -2.20. The van der Waals surface area contributed by atoms with E-state index in [2.05, 4.69) is 10.0 Å². The summed E-state index contributed by atoms with van der Waals surface area (Å²) in [6.07, 6.45) is 1.45. The molecule has 0 aromatic heterocycles. The van der Waals surface area contributed by atoms with Crippen LogP contribution in [0.3, 0.4) is 0 Å². The first-order chi connectivity index (χ1) is 9.31. The van der Waals surface area contributed by atoms with Crippen molar-refractivity contribution >= 4 is 6.09 Å². The number of benzene rings is 1. The molecule has 100 valence electrons. The lowest BCUT2D eigenvalue weighted by atomic mass is 10.2. The molecule has 1 fully saturated rings. The maximum atomic E-state index is 12.0. The van der Waals surface area contributed by atoms with Gasteiger partial charge in [-0.3, -0.25) is 0 Å². The van der Waals surface area contributed by atoms with Gasteiger partial charge in [-0.25, -0.2) is 4.79 Å². The van der Waals surface area contributed by atoms with Gasteiger partial charge in [-0.15, -0.1) is 0 Å². The quantitative estimate of drug-likeness (QED) is 0.473. The monoisotopic (exact) mass is 260 g/mol. The molecule has 19 heavy (non-hydrogen) atoms. The van der Waals surface area contributed by atoms with E-state index in [1.807, 2.05) is 30.3 Å². The van der Waals surface area contributed by atoms with E-state index in [1.54, 1.807) is 4.90 Å². The van der Waals surface area contributed by atoms with Crippen LogP contribution in [-0.2, 0) is 11.3 Å². The van der Waals surface area contributed by atoms with Crippen LogP contribution in [0.5, 0.6) is 0 Å².